The van der Waals surface area contributed by atoms with Crippen LogP contribution in [-0.4, -0.2) is 30.6 Å². The van der Waals surface area contributed by atoms with Gasteiger partial charge in [-0.05, 0) is 43.1 Å². The predicted molar refractivity (Wildman–Crippen MR) is 91.0 cm³/mol. The molecule has 1 saturated heterocycles. The van der Waals surface area contributed by atoms with E-state index in [1.807, 2.05) is 17.5 Å². The molecule has 4 rings (SSSR count). The van der Waals surface area contributed by atoms with Crippen molar-refractivity contribution in [2.24, 2.45) is 5.92 Å². The Morgan fingerprint density at radius 3 is 3.26 bits per heavy atom. The summed E-state index contributed by atoms with van der Waals surface area (Å²) in [5, 5.41) is 8.89. The van der Waals surface area contributed by atoms with Crippen LogP contribution in [-0.2, 0) is 11.2 Å². The van der Waals surface area contributed by atoms with E-state index in [1.54, 1.807) is 0 Å². The third kappa shape index (κ3) is 3.09. The molecule has 6 heteroatoms. The molecular weight excluding hydrogens is 310 g/mol. The zero-order valence-corrected chi connectivity index (χ0v) is 13.6. The summed E-state index contributed by atoms with van der Waals surface area (Å²) in [6, 6.07) is 6.16. The lowest BCUT2D eigenvalue weighted by Crippen LogP contribution is -2.37. The zero-order chi connectivity index (χ0) is 15.6. The van der Waals surface area contributed by atoms with Crippen molar-refractivity contribution < 1.29 is 9.53 Å². The molecule has 23 heavy (non-hydrogen) atoms. The van der Waals surface area contributed by atoms with Crippen molar-refractivity contribution in [3.8, 4) is 17.0 Å². The minimum Gasteiger partial charge on any atom is -0.493 e. The van der Waals surface area contributed by atoms with Gasteiger partial charge in [-0.15, -0.1) is 11.3 Å². The Morgan fingerprint density at radius 1 is 1.43 bits per heavy atom. The zero-order valence-electron chi connectivity index (χ0n) is 12.8. The van der Waals surface area contributed by atoms with Gasteiger partial charge in [-0.2, -0.15) is 0 Å². The number of nitrogens with one attached hydrogen (secondary N) is 2. The minimum absolute atomic E-state index is 0.0493. The maximum absolute atomic E-state index is 12.3. The van der Waals surface area contributed by atoms with E-state index < -0.39 is 0 Å². The van der Waals surface area contributed by atoms with E-state index in [1.165, 1.54) is 16.9 Å². The second kappa shape index (κ2) is 6.29. The molecular formula is C17H19N3O2S. The maximum atomic E-state index is 12.3. The number of amides is 1. The first kappa shape index (κ1) is 14.7. The third-order valence-corrected chi connectivity index (χ3v) is 5.14. The van der Waals surface area contributed by atoms with Gasteiger partial charge in [0.1, 0.15) is 5.75 Å². The Morgan fingerprint density at radius 2 is 2.39 bits per heavy atom. The van der Waals surface area contributed by atoms with Gasteiger partial charge in [-0.3, -0.25) is 4.79 Å². The van der Waals surface area contributed by atoms with Crippen molar-refractivity contribution in [1.82, 2.24) is 10.3 Å². The number of carbonyl (C=O) groups excluding carboxylic acids is 1. The first-order valence-electron chi connectivity index (χ1n) is 8.03. The molecule has 3 heterocycles. The molecule has 2 aliphatic rings. The van der Waals surface area contributed by atoms with E-state index in [2.05, 4.69) is 21.7 Å². The summed E-state index contributed by atoms with van der Waals surface area (Å²) in [6.45, 7) is 2.52. The van der Waals surface area contributed by atoms with Crippen molar-refractivity contribution in [3.63, 3.8) is 0 Å². The number of hydrogen-bond acceptors (Lipinski definition) is 5. The summed E-state index contributed by atoms with van der Waals surface area (Å²) >= 11 is 1.48. The van der Waals surface area contributed by atoms with Crippen LogP contribution < -0.4 is 15.4 Å². The first-order chi connectivity index (χ1) is 11.3. The number of piperidine rings is 1. The molecule has 2 aromatic rings. The Kier molecular flexibility index (Phi) is 4.01. The summed E-state index contributed by atoms with van der Waals surface area (Å²) in [6.07, 6.45) is 2.95. The van der Waals surface area contributed by atoms with E-state index in [4.69, 9.17) is 4.74 Å². The molecule has 0 bridgehead atoms. The molecule has 1 unspecified atom stereocenters. The standard InChI is InChI=1S/C17H19N3O2S/c21-16(13-2-1-6-18-9-13)20-17-19-14(10-23-17)11-3-4-15-12(8-11)5-7-22-15/h3-4,8,10,13,18H,1-2,5-7,9H2,(H,19,20,21). The normalized spacial score (nSPS) is 19.9. The number of anilines is 1. The summed E-state index contributed by atoms with van der Waals surface area (Å²) in [4.78, 5) is 16.8. The lowest BCUT2D eigenvalue weighted by Gasteiger charge is -2.21. The van der Waals surface area contributed by atoms with Crippen molar-refractivity contribution in [1.29, 1.82) is 0 Å². The molecule has 5 nitrogen and oxygen atoms in total. The van der Waals surface area contributed by atoms with Gasteiger partial charge >= 0.3 is 0 Å². The predicted octanol–water partition coefficient (Wildman–Crippen LogP) is 2.68. The van der Waals surface area contributed by atoms with Crippen LogP contribution in [0.3, 0.4) is 0 Å². The lowest BCUT2D eigenvalue weighted by atomic mass is 9.99. The molecule has 1 aromatic heterocycles. The highest BCUT2D eigenvalue weighted by Gasteiger charge is 2.22. The van der Waals surface area contributed by atoms with Gasteiger partial charge in [0.2, 0.25) is 5.91 Å². The van der Waals surface area contributed by atoms with Crippen LogP contribution in [0.4, 0.5) is 5.13 Å². The Hall–Kier alpha value is -1.92. The number of hydrogen-bond donors (Lipinski definition) is 2. The Labute approximate surface area is 139 Å². The largest absolute Gasteiger partial charge is 0.493 e. The molecule has 0 spiro atoms. The quantitative estimate of drug-likeness (QED) is 0.909. The second-order valence-corrected chi connectivity index (χ2v) is 6.85. The molecule has 120 valence electrons. The Bertz CT molecular complexity index is 722. The number of rotatable bonds is 3. The summed E-state index contributed by atoms with van der Waals surface area (Å²) < 4.78 is 5.53. The van der Waals surface area contributed by atoms with Crippen LogP contribution in [0.5, 0.6) is 5.75 Å². The van der Waals surface area contributed by atoms with Crippen LogP contribution in [0.25, 0.3) is 11.3 Å². The molecule has 2 N–H and O–H groups in total. The highest BCUT2D eigenvalue weighted by atomic mass is 32.1. The van der Waals surface area contributed by atoms with E-state index in [-0.39, 0.29) is 11.8 Å². The summed E-state index contributed by atoms with van der Waals surface area (Å²) in [7, 11) is 0. The van der Waals surface area contributed by atoms with Gasteiger partial charge in [-0.25, -0.2) is 4.98 Å². The summed E-state index contributed by atoms with van der Waals surface area (Å²) in [5.41, 5.74) is 3.21. The number of nitrogens with zero attached hydrogens (tertiary/aromatic N) is 1. The van der Waals surface area contributed by atoms with E-state index in [9.17, 15) is 4.79 Å². The van der Waals surface area contributed by atoms with Crippen LogP contribution in [0, 0.1) is 5.92 Å². The molecule has 1 atom stereocenters. The van der Waals surface area contributed by atoms with Gasteiger partial charge in [0.05, 0.1) is 18.2 Å². The first-order valence-corrected chi connectivity index (χ1v) is 8.91. The van der Waals surface area contributed by atoms with Crippen molar-refractivity contribution in [2.75, 3.05) is 25.0 Å². The maximum Gasteiger partial charge on any atom is 0.230 e. The fourth-order valence-corrected chi connectivity index (χ4v) is 3.82. The fraction of sp³-hybridized carbons (Fsp3) is 0.412. The molecule has 1 aromatic carbocycles. The number of aromatic nitrogens is 1. The van der Waals surface area contributed by atoms with Crippen LogP contribution in [0.1, 0.15) is 18.4 Å². The van der Waals surface area contributed by atoms with Crippen molar-refractivity contribution in [2.45, 2.75) is 19.3 Å². The highest BCUT2D eigenvalue weighted by Crippen LogP contribution is 2.32. The average Bonchev–Trinajstić information content (AvgIpc) is 3.23. The minimum atomic E-state index is 0.0493. The van der Waals surface area contributed by atoms with Gasteiger partial charge in [-0.1, -0.05) is 0 Å². The number of carbonyl (C=O) groups is 1. The Balaban J connectivity index is 1.47. The number of benzene rings is 1. The number of fused-ring (bicyclic) bond motifs is 1. The van der Waals surface area contributed by atoms with Gasteiger partial charge in [0.25, 0.3) is 0 Å². The van der Waals surface area contributed by atoms with Gasteiger partial charge < -0.3 is 15.4 Å². The van der Waals surface area contributed by atoms with Gasteiger partial charge in [0.15, 0.2) is 5.13 Å². The second-order valence-electron chi connectivity index (χ2n) is 5.99. The molecule has 0 saturated carbocycles. The van der Waals surface area contributed by atoms with E-state index in [0.717, 1.165) is 56.0 Å². The van der Waals surface area contributed by atoms with E-state index in [0.29, 0.717) is 5.13 Å². The topological polar surface area (TPSA) is 63.2 Å². The molecule has 0 aliphatic carbocycles. The SMILES string of the molecule is O=C(Nc1nc(-c2ccc3c(c2)CCO3)cs1)C1CCCNC1. The summed E-state index contributed by atoms with van der Waals surface area (Å²) in [5.74, 6) is 1.09. The van der Waals surface area contributed by atoms with Crippen molar-refractivity contribution in [3.05, 3.63) is 29.1 Å². The molecule has 0 radical (unpaired) electrons. The molecule has 1 amide bonds. The van der Waals surface area contributed by atoms with Gasteiger partial charge in [0, 0.05) is 23.9 Å². The fourth-order valence-electron chi connectivity index (χ4n) is 3.09. The van der Waals surface area contributed by atoms with Crippen molar-refractivity contribution >= 4 is 22.4 Å². The highest BCUT2D eigenvalue weighted by molar-refractivity contribution is 7.14. The third-order valence-electron chi connectivity index (χ3n) is 4.39. The smallest absolute Gasteiger partial charge is 0.230 e. The average molecular weight is 329 g/mol. The van der Waals surface area contributed by atoms with E-state index >= 15 is 0 Å². The lowest BCUT2D eigenvalue weighted by molar-refractivity contribution is -0.120. The monoisotopic (exact) mass is 329 g/mol. The van der Waals surface area contributed by atoms with Crippen LogP contribution >= 0.6 is 11.3 Å². The van der Waals surface area contributed by atoms with Crippen LogP contribution in [0.15, 0.2) is 23.6 Å². The molecule has 1 fully saturated rings. The van der Waals surface area contributed by atoms with Crippen LogP contribution in [0.2, 0.25) is 0 Å². The number of thiazole rings is 1. The number of ether oxygens (including phenoxy) is 1. The molecule has 2 aliphatic heterocycles.